The Morgan fingerprint density at radius 2 is 1.89 bits per heavy atom. The van der Waals surface area contributed by atoms with E-state index in [1.54, 1.807) is 0 Å². The van der Waals surface area contributed by atoms with Gasteiger partial charge in [0.25, 0.3) is 0 Å². The minimum atomic E-state index is -2.82. The van der Waals surface area contributed by atoms with Crippen molar-refractivity contribution in [1.82, 2.24) is 0 Å². The molecule has 1 heterocycles. The maximum atomic E-state index is 6.89. The van der Waals surface area contributed by atoms with Gasteiger partial charge >= 0.3 is 126 Å². The third kappa shape index (κ3) is 3.63. The van der Waals surface area contributed by atoms with Gasteiger partial charge in [0.05, 0.1) is 0 Å². The summed E-state index contributed by atoms with van der Waals surface area (Å²) in [5.41, 5.74) is 2.79. The molecule has 0 spiro atoms. The average Bonchev–Trinajstić information content (AvgIpc) is 2.68. The molecule has 0 aliphatic carbocycles. The van der Waals surface area contributed by atoms with Gasteiger partial charge in [-0.15, -0.1) is 0 Å². The van der Waals surface area contributed by atoms with Crippen LogP contribution in [-0.4, -0.2) is 6.16 Å². The molecule has 104 valence electrons. The molecule has 0 bridgehead atoms. The standard InChI is InChI=1S/C16H21Cl2P/c1-14(2)7-6-8-15-11-12-19(17,18,13-15)16-9-4-3-5-10-16/h3-5,7,9-10,13H,6,8,11-12H2,1-2H3. The summed E-state index contributed by atoms with van der Waals surface area (Å²) in [5.74, 6) is 2.20. The SMILES string of the molecule is CC(C)=CCCC1=CP(Cl)(Cl)(c2ccccc2)CC1. The number of hydrogen-bond acceptors (Lipinski definition) is 0. The molecule has 0 nitrogen and oxygen atoms in total. The second-order valence-electron chi connectivity index (χ2n) is 5.55. The molecule has 1 aromatic rings. The molecule has 1 aromatic carbocycles. The summed E-state index contributed by atoms with van der Waals surface area (Å²) in [7, 11) is 0. The zero-order valence-corrected chi connectivity index (χ0v) is 14.0. The Labute approximate surface area is 126 Å². The molecule has 0 saturated heterocycles. The minimum absolute atomic E-state index is 0.892. The quantitative estimate of drug-likeness (QED) is 0.458. The topological polar surface area (TPSA) is 0 Å². The summed E-state index contributed by atoms with van der Waals surface area (Å²) < 4.78 is 0. The molecule has 0 amide bonds. The number of allylic oxidation sites excluding steroid dienone is 3. The van der Waals surface area contributed by atoms with E-state index in [1.165, 1.54) is 11.1 Å². The monoisotopic (exact) mass is 314 g/mol. The second kappa shape index (κ2) is 5.60. The molecular weight excluding hydrogens is 294 g/mol. The van der Waals surface area contributed by atoms with Crippen LogP contribution in [0.2, 0.25) is 0 Å². The molecule has 0 fully saturated rings. The van der Waals surface area contributed by atoms with E-state index in [9.17, 15) is 0 Å². The fourth-order valence-corrected chi connectivity index (χ4v) is 7.51. The van der Waals surface area contributed by atoms with Crippen LogP contribution in [0.4, 0.5) is 0 Å². The van der Waals surface area contributed by atoms with Gasteiger partial charge < -0.3 is 0 Å². The van der Waals surface area contributed by atoms with E-state index in [-0.39, 0.29) is 0 Å². The van der Waals surface area contributed by atoms with Crippen molar-refractivity contribution in [1.29, 1.82) is 0 Å². The van der Waals surface area contributed by atoms with E-state index < -0.39 is 5.31 Å². The molecule has 3 heteroatoms. The molecule has 0 saturated carbocycles. The van der Waals surface area contributed by atoms with Gasteiger partial charge in [-0.2, -0.15) is 0 Å². The van der Waals surface area contributed by atoms with Crippen molar-refractivity contribution in [2.45, 2.75) is 33.1 Å². The third-order valence-corrected chi connectivity index (χ3v) is 9.62. The van der Waals surface area contributed by atoms with E-state index >= 15 is 0 Å². The first-order valence-electron chi connectivity index (χ1n) is 6.74. The molecule has 0 atom stereocenters. The Kier molecular flexibility index (Phi) is 4.45. The number of hydrogen-bond donors (Lipinski definition) is 0. The van der Waals surface area contributed by atoms with Crippen molar-refractivity contribution < 1.29 is 0 Å². The third-order valence-electron chi connectivity index (χ3n) is 3.58. The Hall–Kier alpha value is -0.290. The maximum absolute atomic E-state index is 6.89. The van der Waals surface area contributed by atoms with Crippen LogP contribution in [0.1, 0.15) is 33.1 Å². The molecule has 0 radical (unpaired) electrons. The average molecular weight is 315 g/mol. The van der Waals surface area contributed by atoms with Gasteiger partial charge in [0.2, 0.25) is 0 Å². The van der Waals surface area contributed by atoms with E-state index in [2.05, 4.69) is 37.9 Å². The van der Waals surface area contributed by atoms with E-state index in [0.717, 1.165) is 30.7 Å². The van der Waals surface area contributed by atoms with E-state index in [4.69, 9.17) is 22.5 Å². The van der Waals surface area contributed by atoms with Gasteiger partial charge in [-0.1, -0.05) is 0 Å². The zero-order valence-electron chi connectivity index (χ0n) is 11.6. The van der Waals surface area contributed by atoms with Crippen molar-refractivity contribution in [3.8, 4) is 0 Å². The molecule has 2 rings (SSSR count). The molecule has 0 N–H and O–H groups in total. The fourth-order valence-electron chi connectivity index (χ4n) is 2.51. The van der Waals surface area contributed by atoms with Crippen molar-refractivity contribution in [2.24, 2.45) is 0 Å². The predicted molar refractivity (Wildman–Crippen MR) is 90.9 cm³/mol. The van der Waals surface area contributed by atoms with Crippen molar-refractivity contribution in [3.63, 3.8) is 0 Å². The Bertz CT molecular complexity index is 511. The summed E-state index contributed by atoms with van der Waals surface area (Å²) in [6.45, 7) is 4.27. The van der Waals surface area contributed by atoms with Gasteiger partial charge in [-0.25, -0.2) is 0 Å². The van der Waals surface area contributed by atoms with Crippen molar-refractivity contribution >= 4 is 33.1 Å². The molecule has 0 aromatic heterocycles. The zero-order chi connectivity index (χ0) is 14.0. The summed E-state index contributed by atoms with van der Waals surface area (Å²) in [4.78, 5) is 0. The van der Waals surface area contributed by atoms with Crippen LogP contribution in [0.25, 0.3) is 0 Å². The first-order valence-corrected chi connectivity index (χ1v) is 11.0. The first-order chi connectivity index (χ1) is 8.89. The molecule has 0 unspecified atom stereocenters. The van der Waals surface area contributed by atoms with E-state index in [1.807, 2.05) is 18.2 Å². The Morgan fingerprint density at radius 1 is 1.21 bits per heavy atom. The van der Waals surface area contributed by atoms with Gasteiger partial charge in [-0.3, -0.25) is 0 Å². The summed E-state index contributed by atoms with van der Waals surface area (Å²) >= 11 is 13.8. The number of benzene rings is 1. The number of rotatable bonds is 4. The fraction of sp³-hybridized carbons (Fsp3) is 0.375. The van der Waals surface area contributed by atoms with Crippen LogP contribution in [-0.2, 0) is 0 Å². The van der Waals surface area contributed by atoms with Crippen molar-refractivity contribution in [3.05, 3.63) is 53.4 Å². The predicted octanol–water partition coefficient (Wildman–Crippen LogP) is 6.21. The van der Waals surface area contributed by atoms with E-state index in [0.29, 0.717) is 0 Å². The van der Waals surface area contributed by atoms with Crippen molar-refractivity contribution in [2.75, 3.05) is 6.16 Å². The van der Waals surface area contributed by atoms with Gasteiger partial charge in [-0.05, 0) is 0 Å². The van der Waals surface area contributed by atoms with Crippen LogP contribution in [0, 0.1) is 0 Å². The van der Waals surface area contributed by atoms with Crippen LogP contribution >= 0.6 is 27.8 Å². The van der Waals surface area contributed by atoms with Crippen LogP contribution < -0.4 is 5.30 Å². The molecule has 1 aliphatic rings. The summed E-state index contributed by atoms with van der Waals surface area (Å²) in [6.07, 6.45) is 6.37. The molecular formula is C16H21Cl2P. The van der Waals surface area contributed by atoms with Gasteiger partial charge in [0.15, 0.2) is 0 Å². The Morgan fingerprint density at radius 3 is 2.53 bits per heavy atom. The second-order valence-corrected chi connectivity index (χ2v) is 14.2. The van der Waals surface area contributed by atoms with Crippen LogP contribution in [0.3, 0.4) is 0 Å². The number of halogens is 2. The van der Waals surface area contributed by atoms with Crippen LogP contribution in [0.5, 0.6) is 0 Å². The normalized spacial score (nSPS) is 22.1. The summed E-state index contributed by atoms with van der Waals surface area (Å²) in [6, 6.07) is 10.2. The summed E-state index contributed by atoms with van der Waals surface area (Å²) in [5, 5.41) is -1.71. The molecule has 19 heavy (non-hydrogen) atoms. The van der Waals surface area contributed by atoms with Gasteiger partial charge in [0.1, 0.15) is 0 Å². The van der Waals surface area contributed by atoms with Gasteiger partial charge in [0, 0.05) is 0 Å². The van der Waals surface area contributed by atoms with Crippen LogP contribution in [0.15, 0.2) is 53.4 Å². The Balaban J connectivity index is 2.18. The first kappa shape index (κ1) is 15.1. The molecule has 1 aliphatic heterocycles.